The summed E-state index contributed by atoms with van der Waals surface area (Å²) in [7, 11) is 0. The van der Waals surface area contributed by atoms with Crippen LogP contribution >= 0.6 is 23.2 Å². The molecule has 2 aromatic carbocycles. The van der Waals surface area contributed by atoms with E-state index in [-0.39, 0.29) is 5.91 Å². The normalized spacial score (nSPS) is 16.4. The Labute approximate surface area is 184 Å². The predicted molar refractivity (Wildman–Crippen MR) is 120 cm³/mol. The molecule has 0 spiro atoms. The Balaban J connectivity index is 1.76. The molecular formula is C22H17Cl2N5O. The molecule has 3 aromatic rings. The molecular weight excluding hydrogens is 421 g/mol. The van der Waals surface area contributed by atoms with E-state index in [9.17, 15) is 4.79 Å². The molecule has 1 saturated heterocycles. The largest absolute Gasteiger partial charge is 0.344 e. The van der Waals surface area contributed by atoms with Gasteiger partial charge in [0.15, 0.2) is 0 Å². The minimum absolute atomic E-state index is 0.236. The second-order valence-electron chi connectivity index (χ2n) is 6.84. The van der Waals surface area contributed by atoms with E-state index in [2.05, 4.69) is 21.4 Å². The van der Waals surface area contributed by atoms with Crippen molar-refractivity contribution in [3.05, 3.63) is 76.8 Å². The van der Waals surface area contributed by atoms with Crippen LogP contribution in [0.15, 0.2) is 55.4 Å². The van der Waals surface area contributed by atoms with Crippen LogP contribution in [0.4, 0.5) is 5.82 Å². The highest BCUT2D eigenvalue weighted by atomic mass is 35.5. The van der Waals surface area contributed by atoms with E-state index >= 15 is 0 Å². The van der Waals surface area contributed by atoms with Crippen molar-refractivity contribution < 1.29 is 4.79 Å². The molecule has 2 heterocycles. The third-order valence-corrected chi connectivity index (χ3v) is 5.68. The summed E-state index contributed by atoms with van der Waals surface area (Å²) in [5.41, 5.74) is 2.49. The van der Waals surface area contributed by atoms with Crippen LogP contribution in [0.25, 0.3) is 26.9 Å². The number of nitrogens with zero attached hydrogens (tertiary/aromatic N) is 5. The summed E-state index contributed by atoms with van der Waals surface area (Å²) >= 11 is 12.5. The number of hydrogen-bond acceptors (Lipinski definition) is 4. The molecule has 1 amide bonds. The maximum absolute atomic E-state index is 12.1. The maximum Gasteiger partial charge on any atom is 0.318 e. The van der Waals surface area contributed by atoms with E-state index in [1.807, 2.05) is 41.3 Å². The first-order valence-electron chi connectivity index (χ1n) is 9.26. The zero-order valence-corrected chi connectivity index (χ0v) is 17.4. The van der Waals surface area contributed by atoms with Crippen molar-refractivity contribution in [1.82, 2.24) is 14.9 Å². The van der Waals surface area contributed by atoms with Crippen molar-refractivity contribution in [1.29, 1.82) is 0 Å². The van der Waals surface area contributed by atoms with Gasteiger partial charge in [-0.1, -0.05) is 41.9 Å². The van der Waals surface area contributed by atoms with Crippen LogP contribution in [0.1, 0.15) is 0 Å². The molecule has 30 heavy (non-hydrogen) atoms. The molecule has 1 fully saturated rings. The molecule has 1 atom stereocenters. The molecule has 0 aliphatic carbocycles. The van der Waals surface area contributed by atoms with Gasteiger partial charge in [-0.15, -0.1) is 0 Å². The SMILES string of the molecule is [C-]#[N+]C1CN(c2ncnc3cc(Cl)c(-c4ccc(Cl)cc4)cc23)CCN1C(=O)C=C. The highest BCUT2D eigenvalue weighted by Gasteiger charge is 2.34. The standard InChI is InChI=1S/C22H17Cl2N5O/c1-3-21(30)29-9-8-28(12-20(29)25-2)22-17-10-16(14-4-6-15(23)7-5-14)18(24)11-19(17)26-13-27-22/h3-7,10-11,13,20H,1,8-9,12H2. The summed E-state index contributed by atoms with van der Waals surface area (Å²) < 4.78 is 0. The first kappa shape index (κ1) is 20.1. The van der Waals surface area contributed by atoms with E-state index in [4.69, 9.17) is 29.8 Å². The lowest BCUT2D eigenvalue weighted by atomic mass is 10.0. The van der Waals surface area contributed by atoms with Gasteiger partial charge in [0.05, 0.1) is 10.5 Å². The summed E-state index contributed by atoms with van der Waals surface area (Å²) in [6.07, 6.45) is 2.13. The van der Waals surface area contributed by atoms with Gasteiger partial charge in [0.25, 0.3) is 5.91 Å². The molecule has 1 unspecified atom stereocenters. The highest BCUT2D eigenvalue weighted by molar-refractivity contribution is 6.34. The van der Waals surface area contributed by atoms with Crippen LogP contribution in [0, 0.1) is 6.57 Å². The number of aromatic nitrogens is 2. The molecule has 0 N–H and O–H groups in total. The van der Waals surface area contributed by atoms with Gasteiger partial charge in [0, 0.05) is 29.1 Å². The van der Waals surface area contributed by atoms with Gasteiger partial charge in [-0.2, -0.15) is 0 Å². The number of carbonyl (C=O) groups excluding carboxylic acids is 1. The monoisotopic (exact) mass is 437 g/mol. The van der Waals surface area contributed by atoms with E-state index in [0.717, 1.165) is 16.5 Å². The quantitative estimate of drug-likeness (QED) is 0.440. The average Bonchev–Trinajstić information content (AvgIpc) is 2.78. The second-order valence-corrected chi connectivity index (χ2v) is 7.69. The number of fused-ring (bicyclic) bond motifs is 1. The van der Waals surface area contributed by atoms with Crippen LogP contribution in [0.2, 0.25) is 10.0 Å². The lowest BCUT2D eigenvalue weighted by molar-refractivity contribution is -0.127. The molecule has 4 rings (SSSR count). The van der Waals surface area contributed by atoms with E-state index < -0.39 is 6.17 Å². The van der Waals surface area contributed by atoms with Gasteiger partial charge >= 0.3 is 6.17 Å². The van der Waals surface area contributed by atoms with Crippen molar-refractivity contribution in [3.8, 4) is 11.1 Å². The van der Waals surface area contributed by atoms with Gasteiger partial charge in [-0.25, -0.2) is 16.5 Å². The Morgan fingerprint density at radius 3 is 2.67 bits per heavy atom. The van der Waals surface area contributed by atoms with Crippen LogP contribution in [0.5, 0.6) is 0 Å². The van der Waals surface area contributed by atoms with Crippen molar-refractivity contribution >= 4 is 45.8 Å². The maximum atomic E-state index is 12.1. The number of piperazine rings is 1. The summed E-state index contributed by atoms with van der Waals surface area (Å²) in [6, 6.07) is 11.2. The smallest absolute Gasteiger partial charge is 0.318 e. The minimum atomic E-state index is -0.600. The molecule has 150 valence electrons. The molecule has 0 bridgehead atoms. The second kappa shape index (κ2) is 8.31. The molecule has 6 nitrogen and oxygen atoms in total. The van der Waals surface area contributed by atoms with E-state index in [1.165, 1.54) is 17.3 Å². The Morgan fingerprint density at radius 2 is 1.97 bits per heavy atom. The minimum Gasteiger partial charge on any atom is -0.344 e. The summed E-state index contributed by atoms with van der Waals surface area (Å²) in [4.78, 5) is 28.1. The van der Waals surface area contributed by atoms with Crippen LogP contribution in [-0.4, -0.2) is 46.6 Å². The van der Waals surface area contributed by atoms with Crippen LogP contribution < -0.4 is 4.90 Å². The number of rotatable bonds is 3. The Morgan fingerprint density at radius 1 is 1.20 bits per heavy atom. The van der Waals surface area contributed by atoms with Crippen molar-refractivity contribution in [2.45, 2.75) is 6.17 Å². The molecule has 1 aromatic heterocycles. The first-order chi connectivity index (χ1) is 14.5. The van der Waals surface area contributed by atoms with Crippen LogP contribution in [0.3, 0.4) is 0 Å². The van der Waals surface area contributed by atoms with Crippen molar-refractivity contribution in [3.63, 3.8) is 0 Å². The van der Waals surface area contributed by atoms with Crippen molar-refractivity contribution in [2.75, 3.05) is 24.5 Å². The first-order valence-corrected chi connectivity index (χ1v) is 10.0. The fourth-order valence-corrected chi connectivity index (χ4v) is 4.00. The van der Waals surface area contributed by atoms with Gasteiger partial charge in [0.1, 0.15) is 18.7 Å². The number of anilines is 1. The van der Waals surface area contributed by atoms with Crippen LogP contribution in [-0.2, 0) is 4.79 Å². The van der Waals surface area contributed by atoms with Gasteiger partial charge in [-0.05, 0) is 35.9 Å². The molecule has 8 heteroatoms. The van der Waals surface area contributed by atoms with Gasteiger partial charge in [-0.3, -0.25) is 14.5 Å². The molecule has 1 aliphatic heterocycles. The van der Waals surface area contributed by atoms with Crippen molar-refractivity contribution in [2.24, 2.45) is 0 Å². The molecule has 0 saturated carbocycles. The zero-order chi connectivity index (χ0) is 21.3. The Kier molecular flexibility index (Phi) is 5.58. The van der Waals surface area contributed by atoms with E-state index in [0.29, 0.717) is 41.0 Å². The highest BCUT2D eigenvalue weighted by Crippen LogP contribution is 2.35. The number of halogens is 2. The van der Waals surface area contributed by atoms with E-state index in [1.54, 1.807) is 0 Å². The third-order valence-electron chi connectivity index (χ3n) is 5.12. The fraction of sp³-hybridized carbons (Fsp3) is 0.182. The number of carbonyl (C=O) groups is 1. The average molecular weight is 438 g/mol. The topological polar surface area (TPSA) is 53.7 Å². The Bertz CT molecular complexity index is 1170. The van der Waals surface area contributed by atoms with Gasteiger partial charge < -0.3 is 4.90 Å². The fourth-order valence-electron chi connectivity index (χ4n) is 3.61. The Hall–Kier alpha value is -3.14. The molecule has 0 radical (unpaired) electrons. The van der Waals surface area contributed by atoms with Gasteiger partial charge in [0.2, 0.25) is 0 Å². The molecule has 1 aliphatic rings. The predicted octanol–water partition coefficient (Wildman–Crippen LogP) is 4.68. The number of hydrogen-bond donors (Lipinski definition) is 0. The lowest BCUT2D eigenvalue weighted by Gasteiger charge is -2.35. The zero-order valence-electron chi connectivity index (χ0n) is 15.9. The number of benzene rings is 2. The number of amides is 1. The summed E-state index contributed by atoms with van der Waals surface area (Å²) in [5.74, 6) is 0.478. The lowest BCUT2D eigenvalue weighted by Crippen LogP contribution is -2.53. The third kappa shape index (κ3) is 3.70. The summed E-state index contributed by atoms with van der Waals surface area (Å²) in [5, 5.41) is 2.06. The summed E-state index contributed by atoms with van der Waals surface area (Å²) in [6.45, 7) is 12.4.